The van der Waals surface area contributed by atoms with Gasteiger partial charge in [0, 0.05) is 6.54 Å². The summed E-state index contributed by atoms with van der Waals surface area (Å²) in [6.45, 7) is 0.760. The maximum atomic E-state index is 11.2. The minimum atomic E-state index is -0.541. The number of ether oxygens (including phenoxy) is 2. The van der Waals surface area contributed by atoms with Crippen LogP contribution in [0, 0.1) is 0 Å². The van der Waals surface area contributed by atoms with E-state index in [4.69, 9.17) is 4.74 Å². The summed E-state index contributed by atoms with van der Waals surface area (Å²) in [5, 5.41) is 9.62. The number of methoxy groups -OCH3 is 1. The second-order valence-corrected chi connectivity index (χ2v) is 4.24. The number of carbonyl (C=O) groups excluding carboxylic acids is 1. The van der Waals surface area contributed by atoms with Crippen LogP contribution in [0.25, 0.3) is 0 Å². The lowest BCUT2D eigenvalue weighted by Crippen LogP contribution is -2.30. The molecule has 0 radical (unpaired) electrons. The molecular formula is C13H19NO4. The van der Waals surface area contributed by atoms with Gasteiger partial charge in [-0.2, -0.15) is 0 Å². The summed E-state index contributed by atoms with van der Waals surface area (Å²) < 4.78 is 10.0. The van der Waals surface area contributed by atoms with Gasteiger partial charge in [0.15, 0.2) is 0 Å². The quantitative estimate of drug-likeness (QED) is 0.759. The second kappa shape index (κ2) is 6.98. The number of aliphatic hydroxyl groups is 1. The van der Waals surface area contributed by atoms with Crippen LogP contribution in [0.5, 0.6) is 5.75 Å². The van der Waals surface area contributed by atoms with Gasteiger partial charge >= 0.3 is 5.97 Å². The van der Waals surface area contributed by atoms with Gasteiger partial charge in [-0.05, 0) is 38.4 Å². The van der Waals surface area contributed by atoms with Crippen molar-refractivity contribution in [1.82, 2.24) is 4.90 Å². The lowest BCUT2D eigenvalue weighted by molar-refractivity contribution is 0.0600. The molecule has 0 aromatic heterocycles. The summed E-state index contributed by atoms with van der Waals surface area (Å²) in [4.78, 5) is 13.1. The van der Waals surface area contributed by atoms with E-state index in [1.54, 1.807) is 24.3 Å². The smallest absolute Gasteiger partial charge is 0.337 e. The lowest BCUT2D eigenvalue weighted by Gasteiger charge is -2.16. The molecule has 100 valence electrons. The third kappa shape index (κ3) is 4.73. The Morgan fingerprint density at radius 2 is 1.94 bits per heavy atom. The number of hydrogen-bond acceptors (Lipinski definition) is 5. The van der Waals surface area contributed by atoms with Crippen molar-refractivity contribution in [1.29, 1.82) is 0 Å². The maximum absolute atomic E-state index is 11.2. The normalized spacial score (nSPS) is 12.3. The van der Waals surface area contributed by atoms with Crippen molar-refractivity contribution in [3.8, 4) is 5.75 Å². The molecule has 1 N–H and O–H groups in total. The van der Waals surface area contributed by atoms with Crippen molar-refractivity contribution in [2.45, 2.75) is 6.10 Å². The first kappa shape index (κ1) is 14.5. The highest BCUT2D eigenvalue weighted by atomic mass is 16.5. The summed E-state index contributed by atoms with van der Waals surface area (Å²) in [5.74, 6) is 0.231. The Kier molecular flexibility index (Phi) is 5.61. The minimum absolute atomic E-state index is 0.218. The van der Waals surface area contributed by atoms with Crippen molar-refractivity contribution in [3.63, 3.8) is 0 Å². The Balaban J connectivity index is 2.46. The first-order valence-corrected chi connectivity index (χ1v) is 5.67. The molecule has 0 fully saturated rings. The van der Waals surface area contributed by atoms with Gasteiger partial charge < -0.3 is 19.5 Å². The first-order valence-electron chi connectivity index (χ1n) is 5.67. The zero-order valence-corrected chi connectivity index (χ0v) is 10.9. The van der Waals surface area contributed by atoms with Crippen LogP contribution in [-0.4, -0.2) is 56.4 Å². The van der Waals surface area contributed by atoms with E-state index in [-0.39, 0.29) is 12.6 Å². The van der Waals surface area contributed by atoms with Crippen LogP contribution >= 0.6 is 0 Å². The third-order valence-electron chi connectivity index (χ3n) is 2.29. The standard InChI is InChI=1S/C13H19NO4/c1-14(2)8-11(15)9-18-12-6-4-10(5-7-12)13(16)17-3/h4-7,11,15H,8-9H2,1-3H3/t11-/m1/s1. The third-order valence-corrected chi connectivity index (χ3v) is 2.29. The van der Waals surface area contributed by atoms with Crippen molar-refractivity contribution in [2.24, 2.45) is 0 Å². The first-order chi connectivity index (χ1) is 8.52. The van der Waals surface area contributed by atoms with Gasteiger partial charge in [0.05, 0.1) is 12.7 Å². The molecule has 0 aliphatic rings. The molecule has 0 aliphatic heterocycles. The van der Waals surface area contributed by atoms with E-state index >= 15 is 0 Å². The van der Waals surface area contributed by atoms with Crippen LogP contribution in [0.1, 0.15) is 10.4 Å². The fourth-order valence-corrected chi connectivity index (χ4v) is 1.47. The Bertz CT molecular complexity index is 375. The lowest BCUT2D eigenvalue weighted by atomic mass is 10.2. The summed E-state index contributed by atoms with van der Waals surface area (Å²) in [7, 11) is 5.10. The molecule has 0 saturated carbocycles. The SMILES string of the molecule is COC(=O)c1ccc(OC[C@H](O)CN(C)C)cc1. The van der Waals surface area contributed by atoms with Gasteiger partial charge in [0.1, 0.15) is 18.5 Å². The van der Waals surface area contributed by atoms with Crippen molar-refractivity contribution in [2.75, 3.05) is 34.4 Å². The van der Waals surface area contributed by atoms with Crippen LogP contribution in [0.15, 0.2) is 24.3 Å². The van der Waals surface area contributed by atoms with Gasteiger partial charge in [0.25, 0.3) is 0 Å². The summed E-state index contributed by atoms with van der Waals surface area (Å²) in [6.07, 6.45) is -0.541. The molecule has 5 nitrogen and oxygen atoms in total. The fraction of sp³-hybridized carbons (Fsp3) is 0.462. The number of aliphatic hydroxyl groups excluding tert-OH is 1. The van der Waals surface area contributed by atoms with Crippen LogP contribution in [0.2, 0.25) is 0 Å². The molecule has 0 bridgehead atoms. The molecule has 1 aromatic carbocycles. The molecule has 0 heterocycles. The summed E-state index contributed by atoms with van der Waals surface area (Å²) in [6, 6.07) is 6.60. The molecule has 0 aliphatic carbocycles. The Morgan fingerprint density at radius 3 is 2.44 bits per heavy atom. The molecule has 1 atom stereocenters. The van der Waals surface area contributed by atoms with Crippen molar-refractivity contribution < 1.29 is 19.4 Å². The molecule has 5 heteroatoms. The van der Waals surface area contributed by atoms with Crippen LogP contribution in [0.4, 0.5) is 0 Å². The van der Waals surface area contributed by atoms with Gasteiger partial charge in [-0.15, -0.1) is 0 Å². The van der Waals surface area contributed by atoms with E-state index in [9.17, 15) is 9.90 Å². The van der Waals surface area contributed by atoms with E-state index in [0.717, 1.165) is 0 Å². The monoisotopic (exact) mass is 253 g/mol. The number of likely N-dealkylation sites (N-methyl/N-ethyl adjacent to an activating group) is 1. The number of esters is 1. The highest BCUT2D eigenvalue weighted by molar-refractivity contribution is 5.89. The fourth-order valence-electron chi connectivity index (χ4n) is 1.47. The largest absolute Gasteiger partial charge is 0.491 e. The van der Waals surface area contributed by atoms with Crippen LogP contribution in [0.3, 0.4) is 0 Å². The van der Waals surface area contributed by atoms with Crippen LogP contribution < -0.4 is 4.74 Å². The van der Waals surface area contributed by atoms with Gasteiger partial charge in [-0.1, -0.05) is 0 Å². The van der Waals surface area contributed by atoms with E-state index in [0.29, 0.717) is 17.9 Å². The van der Waals surface area contributed by atoms with Crippen LogP contribution in [-0.2, 0) is 4.74 Å². The van der Waals surface area contributed by atoms with E-state index in [1.165, 1.54) is 7.11 Å². The second-order valence-electron chi connectivity index (χ2n) is 4.24. The Morgan fingerprint density at radius 1 is 1.33 bits per heavy atom. The van der Waals surface area contributed by atoms with Gasteiger partial charge in [0.2, 0.25) is 0 Å². The number of carbonyl (C=O) groups is 1. The molecular weight excluding hydrogens is 234 g/mol. The van der Waals surface area contributed by atoms with E-state index in [1.807, 2.05) is 19.0 Å². The average molecular weight is 253 g/mol. The average Bonchev–Trinajstić information content (AvgIpc) is 2.35. The number of hydrogen-bond donors (Lipinski definition) is 1. The highest BCUT2D eigenvalue weighted by Crippen LogP contribution is 2.13. The van der Waals surface area contributed by atoms with Gasteiger partial charge in [-0.25, -0.2) is 4.79 Å². The molecule has 0 spiro atoms. The molecule has 1 aromatic rings. The summed E-state index contributed by atoms with van der Waals surface area (Å²) >= 11 is 0. The predicted octanol–water partition coefficient (Wildman–Crippen LogP) is 0.774. The molecule has 0 amide bonds. The Hall–Kier alpha value is -1.59. The predicted molar refractivity (Wildman–Crippen MR) is 67.8 cm³/mol. The highest BCUT2D eigenvalue weighted by Gasteiger charge is 2.08. The molecule has 18 heavy (non-hydrogen) atoms. The van der Waals surface area contributed by atoms with E-state index < -0.39 is 6.10 Å². The van der Waals surface area contributed by atoms with Crippen molar-refractivity contribution in [3.05, 3.63) is 29.8 Å². The number of rotatable bonds is 6. The Labute approximate surface area is 107 Å². The van der Waals surface area contributed by atoms with Gasteiger partial charge in [-0.3, -0.25) is 0 Å². The number of benzene rings is 1. The minimum Gasteiger partial charge on any atom is -0.491 e. The molecule has 1 rings (SSSR count). The maximum Gasteiger partial charge on any atom is 0.337 e. The number of nitrogens with zero attached hydrogens (tertiary/aromatic N) is 1. The molecule has 0 unspecified atom stereocenters. The zero-order chi connectivity index (χ0) is 13.5. The van der Waals surface area contributed by atoms with E-state index in [2.05, 4.69) is 4.74 Å². The van der Waals surface area contributed by atoms with Crippen molar-refractivity contribution >= 4 is 5.97 Å². The topological polar surface area (TPSA) is 59.0 Å². The molecule has 0 saturated heterocycles. The summed E-state index contributed by atoms with van der Waals surface area (Å²) in [5.41, 5.74) is 0.471. The zero-order valence-electron chi connectivity index (χ0n) is 10.9.